The fourth-order valence-corrected chi connectivity index (χ4v) is 2.01. The number of rotatable bonds is 5. The molecule has 0 aliphatic heterocycles. The normalized spacial score (nSPS) is 18.7. The van der Waals surface area contributed by atoms with Crippen molar-refractivity contribution in [1.29, 1.82) is 0 Å². The van der Waals surface area contributed by atoms with Crippen LogP contribution in [0.4, 0.5) is 0 Å². The zero-order chi connectivity index (χ0) is 11.4. The highest BCUT2D eigenvalue weighted by atomic mass is 16.7. The number of phenols is 1. The number of aromatic hydroxyl groups is 1. The molecule has 1 aromatic carbocycles. The topological polar surface area (TPSA) is 50.7 Å². The van der Waals surface area contributed by atoms with Gasteiger partial charge in [0.15, 0.2) is 0 Å². The number of hydrogen-bond donors (Lipinski definition) is 2. The minimum Gasteiger partial charge on any atom is -0.508 e. The molecule has 0 bridgehead atoms. The molecule has 2 N–H and O–H groups in total. The zero-order valence-electron chi connectivity index (χ0n) is 9.40. The average molecular weight is 223 g/mol. The van der Waals surface area contributed by atoms with Gasteiger partial charge in [0, 0.05) is 7.11 Å². The third kappa shape index (κ3) is 2.52. The Morgan fingerprint density at radius 1 is 1.44 bits per heavy atom. The van der Waals surface area contributed by atoms with Gasteiger partial charge in [-0.1, -0.05) is 6.07 Å². The summed E-state index contributed by atoms with van der Waals surface area (Å²) in [5.41, 5.74) is 5.45. The van der Waals surface area contributed by atoms with E-state index in [0.29, 0.717) is 19.0 Å². The molecule has 0 saturated carbocycles. The lowest BCUT2D eigenvalue weighted by Crippen LogP contribution is -2.21. The van der Waals surface area contributed by atoms with Crippen LogP contribution in [0.2, 0.25) is 0 Å². The maximum Gasteiger partial charge on any atom is 0.115 e. The fourth-order valence-electron chi connectivity index (χ4n) is 2.01. The van der Waals surface area contributed by atoms with Crippen LogP contribution in [0.3, 0.4) is 0 Å². The molecule has 0 radical (unpaired) electrons. The summed E-state index contributed by atoms with van der Waals surface area (Å²) >= 11 is 0. The van der Waals surface area contributed by atoms with Gasteiger partial charge in [0.1, 0.15) is 5.75 Å². The summed E-state index contributed by atoms with van der Waals surface area (Å²) in [5, 5.41) is 9.36. The number of benzene rings is 1. The van der Waals surface area contributed by atoms with E-state index in [9.17, 15) is 5.11 Å². The number of phenolic OH excluding ortho intramolecular Hbond substituents is 1. The van der Waals surface area contributed by atoms with Gasteiger partial charge in [0.05, 0.1) is 19.3 Å². The molecular formula is C12H17NO3. The Kier molecular flexibility index (Phi) is 3.77. The number of fused-ring (bicyclic) bond motifs is 1. The summed E-state index contributed by atoms with van der Waals surface area (Å²) in [6.07, 6.45) is 1.99. The first-order valence-corrected chi connectivity index (χ1v) is 5.49. The maximum absolute atomic E-state index is 9.36. The van der Waals surface area contributed by atoms with E-state index in [1.165, 1.54) is 11.1 Å². The van der Waals surface area contributed by atoms with Crippen LogP contribution in [0.5, 0.6) is 5.75 Å². The van der Waals surface area contributed by atoms with E-state index in [1.54, 1.807) is 13.2 Å². The van der Waals surface area contributed by atoms with Crippen LogP contribution in [-0.2, 0) is 16.0 Å². The Balaban J connectivity index is 1.91. The molecule has 0 amide bonds. The third-order valence-electron chi connectivity index (χ3n) is 2.82. The lowest BCUT2D eigenvalue weighted by atomic mass is 10.1. The van der Waals surface area contributed by atoms with E-state index in [2.05, 4.69) is 5.48 Å². The molecule has 1 aliphatic carbocycles. The quantitative estimate of drug-likeness (QED) is 0.587. The molecule has 1 atom stereocenters. The second-order valence-electron chi connectivity index (χ2n) is 3.93. The van der Waals surface area contributed by atoms with E-state index < -0.39 is 0 Å². The van der Waals surface area contributed by atoms with Gasteiger partial charge in [0.2, 0.25) is 0 Å². The predicted octanol–water partition coefficient (Wildman–Crippen LogP) is 1.55. The largest absolute Gasteiger partial charge is 0.508 e. The Morgan fingerprint density at radius 2 is 2.31 bits per heavy atom. The van der Waals surface area contributed by atoms with E-state index in [-0.39, 0.29) is 6.04 Å². The average Bonchev–Trinajstić information content (AvgIpc) is 2.67. The fraction of sp³-hybridized carbons (Fsp3) is 0.500. The SMILES string of the molecule is COCCONC1CCc2cc(O)ccc21. The van der Waals surface area contributed by atoms with Crippen LogP contribution in [0.15, 0.2) is 18.2 Å². The molecular weight excluding hydrogens is 206 g/mol. The summed E-state index contributed by atoms with van der Waals surface area (Å²) in [7, 11) is 1.65. The summed E-state index contributed by atoms with van der Waals surface area (Å²) in [6, 6.07) is 5.72. The smallest absolute Gasteiger partial charge is 0.115 e. The number of ether oxygens (including phenoxy) is 1. The van der Waals surface area contributed by atoms with Crippen LogP contribution < -0.4 is 5.48 Å². The Hall–Kier alpha value is -1.10. The summed E-state index contributed by atoms with van der Waals surface area (Å²) in [5.74, 6) is 0.333. The summed E-state index contributed by atoms with van der Waals surface area (Å²) in [6.45, 7) is 1.13. The van der Waals surface area contributed by atoms with Crippen LogP contribution in [0.25, 0.3) is 0 Å². The first kappa shape index (κ1) is 11.4. The van der Waals surface area contributed by atoms with Crippen molar-refractivity contribution in [2.75, 3.05) is 20.3 Å². The molecule has 4 heteroatoms. The van der Waals surface area contributed by atoms with Gasteiger partial charge < -0.3 is 9.84 Å². The van der Waals surface area contributed by atoms with E-state index in [0.717, 1.165) is 12.8 Å². The van der Waals surface area contributed by atoms with Crippen molar-refractivity contribution < 1.29 is 14.7 Å². The van der Waals surface area contributed by atoms with Crippen molar-refractivity contribution in [3.8, 4) is 5.75 Å². The van der Waals surface area contributed by atoms with Crippen LogP contribution >= 0.6 is 0 Å². The highest BCUT2D eigenvalue weighted by Crippen LogP contribution is 2.32. The Bertz CT molecular complexity index is 354. The first-order chi connectivity index (χ1) is 7.81. The van der Waals surface area contributed by atoms with Gasteiger partial charge in [0.25, 0.3) is 0 Å². The van der Waals surface area contributed by atoms with Gasteiger partial charge in [-0.3, -0.25) is 4.84 Å². The van der Waals surface area contributed by atoms with Crippen LogP contribution in [0.1, 0.15) is 23.6 Å². The molecule has 0 heterocycles. The van der Waals surface area contributed by atoms with E-state index in [4.69, 9.17) is 9.57 Å². The number of nitrogens with one attached hydrogen (secondary N) is 1. The van der Waals surface area contributed by atoms with Crippen molar-refractivity contribution in [1.82, 2.24) is 5.48 Å². The van der Waals surface area contributed by atoms with Gasteiger partial charge in [-0.25, -0.2) is 0 Å². The highest BCUT2D eigenvalue weighted by molar-refractivity contribution is 5.39. The molecule has 88 valence electrons. The van der Waals surface area contributed by atoms with Crippen LogP contribution in [-0.4, -0.2) is 25.4 Å². The van der Waals surface area contributed by atoms with Crippen molar-refractivity contribution in [2.24, 2.45) is 0 Å². The second kappa shape index (κ2) is 5.30. The molecule has 2 rings (SSSR count). The molecule has 0 spiro atoms. The molecule has 0 fully saturated rings. The molecule has 1 aromatic rings. The van der Waals surface area contributed by atoms with E-state index >= 15 is 0 Å². The van der Waals surface area contributed by atoms with Crippen molar-refractivity contribution >= 4 is 0 Å². The second-order valence-corrected chi connectivity index (χ2v) is 3.93. The van der Waals surface area contributed by atoms with Crippen molar-refractivity contribution in [3.05, 3.63) is 29.3 Å². The Morgan fingerprint density at radius 3 is 3.12 bits per heavy atom. The maximum atomic E-state index is 9.36. The molecule has 4 nitrogen and oxygen atoms in total. The van der Waals surface area contributed by atoms with E-state index in [1.807, 2.05) is 12.1 Å². The number of hydrogen-bond acceptors (Lipinski definition) is 4. The number of methoxy groups -OCH3 is 1. The molecule has 1 aliphatic rings. The molecule has 1 unspecified atom stereocenters. The number of hydroxylamine groups is 1. The summed E-state index contributed by atoms with van der Waals surface area (Å²) < 4.78 is 4.89. The standard InChI is InChI=1S/C12H17NO3/c1-15-6-7-16-13-12-5-2-9-8-10(14)3-4-11(9)12/h3-4,8,12-14H,2,5-7H2,1H3. The predicted molar refractivity (Wildman–Crippen MR) is 60.1 cm³/mol. The van der Waals surface area contributed by atoms with Gasteiger partial charge >= 0.3 is 0 Å². The van der Waals surface area contributed by atoms with Crippen LogP contribution in [0, 0.1) is 0 Å². The molecule has 16 heavy (non-hydrogen) atoms. The lowest BCUT2D eigenvalue weighted by molar-refractivity contribution is -0.0121. The zero-order valence-corrected chi connectivity index (χ0v) is 9.40. The number of aryl methyl sites for hydroxylation is 1. The summed E-state index contributed by atoms with van der Waals surface area (Å²) in [4.78, 5) is 5.31. The monoisotopic (exact) mass is 223 g/mol. The van der Waals surface area contributed by atoms with Crippen molar-refractivity contribution in [2.45, 2.75) is 18.9 Å². The highest BCUT2D eigenvalue weighted by Gasteiger charge is 2.22. The third-order valence-corrected chi connectivity index (χ3v) is 2.82. The minimum atomic E-state index is 0.229. The molecule has 0 saturated heterocycles. The van der Waals surface area contributed by atoms with Gasteiger partial charge in [-0.2, -0.15) is 5.48 Å². The van der Waals surface area contributed by atoms with Gasteiger partial charge in [-0.05, 0) is 36.1 Å². The van der Waals surface area contributed by atoms with Gasteiger partial charge in [-0.15, -0.1) is 0 Å². The first-order valence-electron chi connectivity index (χ1n) is 5.49. The van der Waals surface area contributed by atoms with Crippen molar-refractivity contribution in [3.63, 3.8) is 0 Å². The Labute approximate surface area is 95.1 Å². The minimum absolute atomic E-state index is 0.229. The molecule has 0 aromatic heterocycles. The lowest BCUT2D eigenvalue weighted by Gasteiger charge is -2.13.